The lowest BCUT2D eigenvalue weighted by atomic mass is 10.2. The fourth-order valence-electron chi connectivity index (χ4n) is 1.81. The lowest BCUT2D eigenvalue weighted by Crippen LogP contribution is -2.20. The van der Waals surface area contributed by atoms with Gasteiger partial charge in [0.2, 0.25) is 5.28 Å². The molecule has 0 aliphatic rings. The largest absolute Gasteiger partial charge is 0.359 e. The highest BCUT2D eigenvalue weighted by Gasteiger charge is 2.11. The minimum Gasteiger partial charge on any atom is -0.359 e. The maximum absolute atomic E-state index is 5.94. The van der Waals surface area contributed by atoms with Crippen LogP contribution in [0.3, 0.4) is 0 Å². The van der Waals surface area contributed by atoms with Gasteiger partial charge >= 0.3 is 0 Å². The molecule has 0 unspecified atom stereocenters. The van der Waals surface area contributed by atoms with E-state index in [9.17, 15) is 0 Å². The standard InChI is InChI=1S/C12H16ClN3S/c1-3-4-5-7-16(2)10-9-6-8-17-11(9)15-12(13)14-10/h6,8H,3-5,7H2,1-2H3. The Morgan fingerprint density at radius 1 is 1.35 bits per heavy atom. The van der Waals surface area contributed by atoms with Crippen molar-refractivity contribution < 1.29 is 0 Å². The molecule has 0 aromatic carbocycles. The molecule has 0 bridgehead atoms. The summed E-state index contributed by atoms with van der Waals surface area (Å²) in [6.07, 6.45) is 3.66. The van der Waals surface area contributed by atoms with Crippen LogP contribution in [0.5, 0.6) is 0 Å². The minimum absolute atomic E-state index is 0.331. The highest BCUT2D eigenvalue weighted by Crippen LogP contribution is 2.28. The van der Waals surface area contributed by atoms with Gasteiger partial charge in [-0.25, -0.2) is 4.98 Å². The molecule has 2 heterocycles. The summed E-state index contributed by atoms with van der Waals surface area (Å²) < 4.78 is 0. The summed E-state index contributed by atoms with van der Waals surface area (Å²) in [6, 6.07) is 2.06. The van der Waals surface area contributed by atoms with Crippen molar-refractivity contribution in [2.75, 3.05) is 18.5 Å². The highest BCUT2D eigenvalue weighted by molar-refractivity contribution is 7.16. The van der Waals surface area contributed by atoms with Gasteiger partial charge in [-0.1, -0.05) is 19.8 Å². The number of halogens is 1. The van der Waals surface area contributed by atoms with Gasteiger partial charge in [-0.2, -0.15) is 4.98 Å². The van der Waals surface area contributed by atoms with Crippen molar-refractivity contribution in [1.29, 1.82) is 0 Å². The smallest absolute Gasteiger partial charge is 0.225 e. The van der Waals surface area contributed by atoms with Gasteiger partial charge in [0.05, 0.1) is 5.39 Å². The van der Waals surface area contributed by atoms with E-state index in [0.29, 0.717) is 5.28 Å². The van der Waals surface area contributed by atoms with Gasteiger partial charge in [0, 0.05) is 13.6 Å². The third-order valence-corrected chi connectivity index (χ3v) is 3.71. The van der Waals surface area contributed by atoms with Crippen molar-refractivity contribution in [3.8, 4) is 0 Å². The number of thiophene rings is 1. The Bertz CT molecular complexity index is 497. The molecule has 17 heavy (non-hydrogen) atoms. The lowest BCUT2D eigenvalue weighted by Gasteiger charge is -2.18. The van der Waals surface area contributed by atoms with E-state index in [2.05, 4.69) is 34.9 Å². The van der Waals surface area contributed by atoms with Crippen LogP contribution in [0.15, 0.2) is 11.4 Å². The second-order valence-electron chi connectivity index (χ2n) is 4.08. The molecule has 0 radical (unpaired) electrons. The zero-order chi connectivity index (χ0) is 12.3. The van der Waals surface area contributed by atoms with Gasteiger partial charge in [0.1, 0.15) is 10.6 Å². The molecule has 0 N–H and O–H groups in total. The average molecular weight is 270 g/mol. The van der Waals surface area contributed by atoms with Gasteiger partial charge in [-0.15, -0.1) is 11.3 Å². The van der Waals surface area contributed by atoms with Crippen LogP contribution in [0.1, 0.15) is 26.2 Å². The van der Waals surface area contributed by atoms with Crippen LogP contribution in [-0.2, 0) is 0 Å². The molecule has 0 aliphatic carbocycles. The number of unbranched alkanes of at least 4 members (excludes halogenated alkanes) is 2. The Kier molecular flexibility index (Phi) is 4.18. The van der Waals surface area contributed by atoms with Crippen LogP contribution in [-0.4, -0.2) is 23.6 Å². The Hall–Kier alpha value is -0.870. The van der Waals surface area contributed by atoms with Crippen molar-refractivity contribution in [3.63, 3.8) is 0 Å². The third-order valence-electron chi connectivity index (χ3n) is 2.74. The van der Waals surface area contributed by atoms with Crippen LogP contribution in [0.2, 0.25) is 5.28 Å². The number of anilines is 1. The number of nitrogens with zero attached hydrogens (tertiary/aromatic N) is 3. The zero-order valence-corrected chi connectivity index (χ0v) is 11.7. The summed E-state index contributed by atoms with van der Waals surface area (Å²) in [6.45, 7) is 3.21. The van der Waals surface area contributed by atoms with Gasteiger partial charge < -0.3 is 4.90 Å². The van der Waals surface area contributed by atoms with E-state index in [1.54, 1.807) is 11.3 Å². The maximum Gasteiger partial charge on any atom is 0.225 e. The first-order valence-electron chi connectivity index (χ1n) is 5.84. The second-order valence-corrected chi connectivity index (χ2v) is 5.32. The number of rotatable bonds is 5. The summed E-state index contributed by atoms with van der Waals surface area (Å²) in [5, 5.41) is 3.45. The normalized spacial score (nSPS) is 11.0. The SMILES string of the molecule is CCCCCN(C)c1nc(Cl)nc2sccc12. The highest BCUT2D eigenvalue weighted by atomic mass is 35.5. The molecular formula is C12H16ClN3S. The fraction of sp³-hybridized carbons (Fsp3) is 0.500. The number of fused-ring (bicyclic) bond motifs is 1. The van der Waals surface area contributed by atoms with E-state index >= 15 is 0 Å². The second kappa shape index (κ2) is 5.65. The monoisotopic (exact) mass is 269 g/mol. The Labute approximate surface area is 110 Å². The van der Waals surface area contributed by atoms with Gasteiger partial charge in [0.25, 0.3) is 0 Å². The number of hydrogen-bond donors (Lipinski definition) is 0. The van der Waals surface area contributed by atoms with Crippen molar-refractivity contribution in [3.05, 3.63) is 16.7 Å². The minimum atomic E-state index is 0.331. The summed E-state index contributed by atoms with van der Waals surface area (Å²) in [5.41, 5.74) is 0. The molecule has 3 nitrogen and oxygen atoms in total. The van der Waals surface area contributed by atoms with Crippen molar-refractivity contribution in [2.45, 2.75) is 26.2 Å². The van der Waals surface area contributed by atoms with E-state index in [0.717, 1.165) is 22.6 Å². The summed E-state index contributed by atoms with van der Waals surface area (Å²) in [4.78, 5) is 11.7. The fourth-order valence-corrected chi connectivity index (χ4v) is 2.78. The van der Waals surface area contributed by atoms with E-state index in [1.807, 2.05) is 5.38 Å². The van der Waals surface area contributed by atoms with Crippen molar-refractivity contribution in [1.82, 2.24) is 9.97 Å². The van der Waals surface area contributed by atoms with Crippen LogP contribution >= 0.6 is 22.9 Å². The molecule has 0 fully saturated rings. The lowest BCUT2D eigenvalue weighted by molar-refractivity contribution is 0.702. The molecule has 0 saturated heterocycles. The maximum atomic E-state index is 5.94. The quantitative estimate of drug-likeness (QED) is 0.607. The first-order chi connectivity index (χ1) is 8.22. The Balaban J connectivity index is 2.24. The Morgan fingerprint density at radius 3 is 2.94 bits per heavy atom. The van der Waals surface area contributed by atoms with E-state index in [4.69, 9.17) is 11.6 Å². The molecule has 2 aromatic heterocycles. The first kappa shape index (κ1) is 12.6. The molecule has 0 saturated carbocycles. The summed E-state index contributed by atoms with van der Waals surface area (Å²) in [7, 11) is 2.06. The van der Waals surface area contributed by atoms with Gasteiger partial charge in [-0.05, 0) is 29.5 Å². The molecule has 0 atom stereocenters. The molecular weight excluding hydrogens is 254 g/mol. The molecule has 2 rings (SSSR count). The van der Waals surface area contributed by atoms with Gasteiger partial charge in [0.15, 0.2) is 0 Å². The number of hydrogen-bond acceptors (Lipinski definition) is 4. The summed E-state index contributed by atoms with van der Waals surface area (Å²) in [5.74, 6) is 0.942. The summed E-state index contributed by atoms with van der Waals surface area (Å²) >= 11 is 7.54. The van der Waals surface area contributed by atoms with E-state index in [-0.39, 0.29) is 0 Å². The molecule has 0 spiro atoms. The third kappa shape index (κ3) is 2.87. The van der Waals surface area contributed by atoms with Gasteiger partial charge in [-0.3, -0.25) is 0 Å². The number of aromatic nitrogens is 2. The van der Waals surface area contributed by atoms with E-state index < -0.39 is 0 Å². The van der Waals surface area contributed by atoms with Crippen molar-refractivity contribution >= 4 is 39.0 Å². The Morgan fingerprint density at radius 2 is 2.18 bits per heavy atom. The zero-order valence-electron chi connectivity index (χ0n) is 10.1. The van der Waals surface area contributed by atoms with Crippen molar-refractivity contribution in [2.24, 2.45) is 0 Å². The van der Waals surface area contributed by atoms with Crippen LogP contribution in [0, 0.1) is 0 Å². The molecule has 0 amide bonds. The molecule has 5 heteroatoms. The molecule has 0 aliphatic heterocycles. The van der Waals surface area contributed by atoms with E-state index in [1.165, 1.54) is 19.3 Å². The molecule has 2 aromatic rings. The predicted molar refractivity (Wildman–Crippen MR) is 75.2 cm³/mol. The average Bonchev–Trinajstić information content (AvgIpc) is 2.75. The van der Waals surface area contributed by atoms with Crippen LogP contribution in [0.25, 0.3) is 10.2 Å². The molecule has 92 valence electrons. The van der Waals surface area contributed by atoms with Crippen LogP contribution in [0.4, 0.5) is 5.82 Å². The predicted octanol–water partition coefficient (Wildman–Crippen LogP) is 3.97. The van der Waals surface area contributed by atoms with Crippen LogP contribution < -0.4 is 4.90 Å². The first-order valence-corrected chi connectivity index (χ1v) is 7.10. The topological polar surface area (TPSA) is 29.0 Å².